The molecule has 2 aliphatic carbocycles. The molecule has 2 aliphatic rings. The van der Waals surface area contributed by atoms with Gasteiger partial charge < -0.3 is 14.8 Å². The summed E-state index contributed by atoms with van der Waals surface area (Å²) in [5, 5.41) is 2.57. The van der Waals surface area contributed by atoms with Crippen molar-refractivity contribution in [1.29, 1.82) is 0 Å². The Morgan fingerprint density at radius 3 is 2.55 bits per heavy atom. The highest BCUT2D eigenvalue weighted by atomic mass is 32.2. The average Bonchev–Trinajstić information content (AvgIpc) is 3.29. The van der Waals surface area contributed by atoms with Crippen molar-refractivity contribution in [2.45, 2.75) is 37.0 Å². The summed E-state index contributed by atoms with van der Waals surface area (Å²) in [6.07, 6.45) is 5.13. The Kier molecular flexibility index (Phi) is 6.48. The number of ether oxygens (including phenoxy) is 2. The van der Waals surface area contributed by atoms with Gasteiger partial charge in [0.15, 0.2) is 6.61 Å². The third-order valence-electron chi connectivity index (χ3n) is 5.88. The number of rotatable bonds is 8. The number of methoxy groups -OCH3 is 1. The average molecular weight is 425 g/mol. The Balaban J connectivity index is 1.55. The summed E-state index contributed by atoms with van der Waals surface area (Å²) in [5.74, 6) is 1.05. The van der Waals surface area contributed by atoms with E-state index in [1.807, 2.05) is 0 Å². The zero-order valence-electron chi connectivity index (χ0n) is 17.0. The van der Waals surface area contributed by atoms with Gasteiger partial charge in [0, 0.05) is 26.2 Å². The van der Waals surface area contributed by atoms with Crippen LogP contribution < -0.4 is 10.1 Å². The van der Waals surface area contributed by atoms with Gasteiger partial charge in [-0.15, -0.1) is 0 Å². The lowest BCUT2D eigenvalue weighted by molar-refractivity contribution is -0.148. The number of amides is 1. The maximum atomic E-state index is 12.4. The topological polar surface area (TPSA) is 102 Å². The van der Waals surface area contributed by atoms with Gasteiger partial charge in [-0.1, -0.05) is 6.42 Å². The van der Waals surface area contributed by atoms with Crippen molar-refractivity contribution in [3.63, 3.8) is 0 Å². The number of nitrogens with zero attached hydrogens (tertiary/aromatic N) is 1. The van der Waals surface area contributed by atoms with E-state index in [0.717, 1.165) is 16.6 Å². The fourth-order valence-corrected chi connectivity index (χ4v) is 5.47. The van der Waals surface area contributed by atoms with E-state index < -0.39 is 22.5 Å². The smallest absolute Gasteiger partial charge is 0.306 e. The number of carbonyl (C=O) groups excluding carboxylic acids is 2. The van der Waals surface area contributed by atoms with E-state index in [0.29, 0.717) is 18.3 Å². The highest BCUT2D eigenvalue weighted by Gasteiger charge is 2.40. The van der Waals surface area contributed by atoms with Crippen molar-refractivity contribution >= 4 is 27.6 Å². The van der Waals surface area contributed by atoms with Crippen molar-refractivity contribution < 1.29 is 27.5 Å². The zero-order valence-corrected chi connectivity index (χ0v) is 17.8. The first kappa shape index (κ1) is 21.6. The number of nitrogens with one attached hydrogen (secondary N) is 1. The van der Waals surface area contributed by atoms with Crippen LogP contribution in [0.15, 0.2) is 23.1 Å². The second-order valence-corrected chi connectivity index (χ2v) is 10.1. The summed E-state index contributed by atoms with van der Waals surface area (Å²) in [6.45, 7) is -0.401. The predicted molar refractivity (Wildman–Crippen MR) is 107 cm³/mol. The normalized spacial score (nSPS) is 23.2. The van der Waals surface area contributed by atoms with Crippen LogP contribution in [0.2, 0.25) is 0 Å². The van der Waals surface area contributed by atoms with Crippen LogP contribution in [0, 0.1) is 17.8 Å². The van der Waals surface area contributed by atoms with Crippen molar-refractivity contribution in [2.24, 2.45) is 17.8 Å². The van der Waals surface area contributed by atoms with E-state index in [-0.39, 0.29) is 22.3 Å². The molecule has 3 atom stereocenters. The molecule has 3 rings (SSSR count). The van der Waals surface area contributed by atoms with Crippen LogP contribution in [-0.4, -0.2) is 52.4 Å². The second-order valence-electron chi connectivity index (χ2n) is 8.00. The highest BCUT2D eigenvalue weighted by Crippen LogP contribution is 2.49. The molecule has 8 nitrogen and oxygen atoms in total. The standard InChI is InChI=1S/C20H28N2O6S/c1-22(2)29(25,26)18-11-16(6-7-17(18)27-3)21-19(23)12-28-20(24)10-15-9-13-4-5-14(15)8-13/h6-7,11,13-15H,4-5,8-10,12H2,1-3H3,(H,21,23)/t13-,14-,15-/m1/s1. The summed E-state index contributed by atoms with van der Waals surface area (Å²) >= 11 is 0. The van der Waals surface area contributed by atoms with Crippen LogP contribution >= 0.6 is 0 Å². The highest BCUT2D eigenvalue weighted by molar-refractivity contribution is 7.89. The lowest BCUT2D eigenvalue weighted by Gasteiger charge is -2.20. The van der Waals surface area contributed by atoms with E-state index in [4.69, 9.17) is 9.47 Å². The molecular formula is C20H28N2O6S. The number of fused-ring (bicyclic) bond motifs is 2. The van der Waals surface area contributed by atoms with E-state index in [1.54, 1.807) is 0 Å². The van der Waals surface area contributed by atoms with E-state index in [9.17, 15) is 18.0 Å². The van der Waals surface area contributed by atoms with Crippen molar-refractivity contribution in [2.75, 3.05) is 33.1 Å². The van der Waals surface area contributed by atoms with Crippen LogP contribution in [0.1, 0.15) is 32.1 Å². The van der Waals surface area contributed by atoms with E-state index in [1.165, 1.54) is 58.7 Å². The van der Waals surface area contributed by atoms with E-state index in [2.05, 4.69) is 5.32 Å². The molecule has 29 heavy (non-hydrogen) atoms. The quantitative estimate of drug-likeness (QED) is 0.642. The van der Waals surface area contributed by atoms with Gasteiger partial charge in [-0.3, -0.25) is 9.59 Å². The summed E-state index contributed by atoms with van der Waals surface area (Å²) in [4.78, 5) is 24.2. The van der Waals surface area contributed by atoms with Crippen molar-refractivity contribution in [1.82, 2.24) is 4.31 Å². The first-order chi connectivity index (χ1) is 13.7. The number of esters is 1. The number of carbonyl (C=O) groups is 2. The molecule has 160 valence electrons. The van der Waals surface area contributed by atoms with Gasteiger partial charge in [0.05, 0.1) is 7.11 Å². The SMILES string of the molecule is COc1ccc(NC(=O)COC(=O)C[C@H]2C[C@@H]3CC[C@@H]2C3)cc1S(=O)(=O)N(C)C. The number of hydrogen-bond acceptors (Lipinski definition) is 6. The molecule has 0 aromatic heterocycles. The Labute approximate surface area is 171 Å². The fraction of sp³-hybridized carbons (Fsp3) is 0.600. The van der Waals surface area contributed by atoms with Crippen LogP contribution in [-0.2, 0) is 24.3 Å². The second kappa shape index (κ2) is 8.71. The Hall–Kier alpha value is -2.13. The van der Waals surface area contributed by atoms with Gasteiger partial charge in [-0.25, -0.2) is 12.7 Å². The molecule has 9 heteroatoms. The minimum Gasteiger partial charge on any atom is -0.495 e. The molecule has 1 aromatic rings. The molecule has 0 aliphatic heterocycles. The first-order valence-electron chi connectivity index (χ1n) is 9.76. The van der Waals surface area contributed by atoms with Crippen molar-refractivity contribution in [3.8, 4) is 5.75 Å². The van der Waals surface area contributed by atoms with Crippen LogP contribution in [0.5, 0.6) is 5.75 Å². The minimum atomic E-state index is -3.75. The molecule has 0 saturated heterocycles. The molecular weight excluding hydrogens is 396 g/mol. The van der Waals surface area contributed by atoms with Crippen LogP contribution in [0.3, 0.4) is 0 Å². The minimum absolute atomic E-state index is 0.0592. The van der Waals surface area contributed by atoms with Gasteiger partial charge in [-0.05, 0) is 55.2 Å². The number of anilines is 1. The molecule has 0 radical (unpaired) electrons. The lowest BCUT2D eigenvalue weighted by Crippen LogP contribution is -2.24. The third kappa shape index (κ3) is 4.90. The molecule has 2 saturated carbocycles. The number of sulfonamides is 1. The summed E-state index contributed by atoms with van der Waals surface area (Å²) < 4.78 is 36.2. The third-order valence-corrected chi connectivity index (χ3v) is 7.72. The Morgan fingerprint density at radius 1 is 1.21 bits per heavy atom. The summed E-state index contributed by atoms with van der Waals surface area (Å²) in [6, 6.07) is 4.32. The molecule has 2 bridgehead atoms. The van der Waals surface area contributed by atoms with E-state index >= 15 is 0 Å². The number of benzene rings is 1. The zero-order chi connectivity index (χ0) is 21.2. The van der Waals surface area contributed by atoms with Gasteiger partial charge in [0.2, 0.25) is 10.0 Å². The van der Waals surface area contributed by atoms with Crippen LogP contribution in [0.4, 0.5) is 5.69 Å². The molecule has 0 spiro atoms. The summed E-state index contributed by atoms with van der Waals surface area (Å²) in [7, 11) is 0.448. The molecule has 1 N–H and O–H groups in total. The van der Waals surface area contributed by atoms with Gasteiger partial charge in [-0.2, -0.15) is 0 Å². The van der Waals surface area contributed by atoms with Crippen LogP contribution in [0.25, 0.3) is 0 Å². The lowest BCUT2D eigenvalue weighted by atomic mass is 9.86. The predicted octanol–water partition coefficient (Wildman–Crippen LogP) is 2.25. The maximum Gasteiger partial charge on any atom is 0.306 e. The molecule has 1 aromatic carbocycles. The van der Waals surface area contributed by atoms with Crippen molar-refractivity contribution in [3.05, 3.63) is 18.2 Å². The Bertz CT molecular complexity index is 883. The first-order valence-corrected chi connectivity index (χ1v) is 11.2. The molecule has 1 amide bonds. The molecule has 2 fully saturated rings. The fourth-order valence-electron chi connectivity index (χ4n) is 4.40. The number of hydrogen-bond donors (Lipinski definition) is 1. The summed E-state index contributed by atoms with van der Waals surface area (Å²) in [5.41, 5.74) is 0.278. The molecule has 0 heterocycles. The van der Waals surface area contributed by atoms with Gasteiger partial charge >= 0.3 is 5.97 Å². The van der Waals surface area contributed by atoms with Gasteiger partial charge in [0.1, 0.15) is 10.6 Å². The molecule has 0 unspecified atom stereocenters. The largest absolute Gasteiger partial charge is 0.495 e. The van der Waals surface area contributed by atoms with Gasteiger partial charge in [0.25, 0.3) is 5.91 Å². The Morgan fingerprint density at radius 2 is 1.97 bits per heavy atom. The maximum absolute atomic E-state index is 12.4. The monoisotopic (exact) mass is 424 g/mol.